The molecule has 170 valence electrons. The molecule has 0 fully saturated rings. The Hall–Kier alpha value is -3.09. The number of methoxy groups -OCH3 is 1. The standard InChI is InChI=1S/C26H25Cl2N3O2/c1-3-19(26(32)33-2)6-4-5-15-31-17-24(22-13-10-20(27)16-23(22)28)30-25(31)14-9-18-7-11-21(29)12-8-18/h3-14,16-17,26,32H,1,15,29H2,2H3/b5-4+,14-9+,19-6+. The summed E-state index contributed by atoms with van der Waals surface area (Å²) in [5, 5.41) is 10.9. The molecule has 7 heteroatoms. The van der Waals surface area contributed by atoms with E-state index in [0.29, 0.717) is 27.9 Å². The SMILES string of the molecule is C=C/C(=C\C=C\Cn1cc(-c2ccc(Cl)cc2Cl)nc1/C=C/c1ccc(N)cc1)C(O)OC. The van der Waals surface area contributed by atoms with Gasteiger partial charge in [-0.3, -0.25) is 0 Å². The summed E-state index contributed by atoms with van der Waals surface area (Å²) in [6.45, 7) is 4.24. The van der Waals surface area contributed by atoms with Crippen LogP contribution < -0.4 is 5.73 Å². The average molecular weight is 482 g/mol. The molecule has 0 aliphatic carbocycles. The maximum atomic E-state index is 9.80. The van der Waals surface area contributed by atoms with E-state index in [-0.39, 0.29) is 0 Å². The fourth-order valence-corrected chi connectivity index (χ4v) is 3.56. The minimum absolute atomic E-state index is 0.531. The van der Waals surface area contributed by atoms with Crippen LogP contribution >= 0.6 is 23.2 Å². The average Bonchev–Trinajstić information content (AvgIpc) is 3.20. The Balaban J connectivity index is 1.91. The number of benzene rings is 2. The fraction of sp³-hybridized carbons (Fsp3) is 0.115. The molecular formula is C26H25Cl2N3O2. The van der Waals surface area contributed by atoms with Gasteiger partial charge in [0.25, 0.3) is 0 Å². The Kier molecular flexibility index (Phi) is 8.69. The first-order valence-electron chi connectivity index (χ1n) is 10.2. The molecule has 1 unspecified atom stereocenters. The third-order valence-corrected chi connectivity index (χ3v) is 5.39. The number of allylic oxidation sites excluding steroid dienone is 3. The second kappa shape index (κ2) is 11.7. The van der Waals surface area contributed by atoms with Crippen molar-refractivity contribution in [1.29, 1.82) is 0 Å². The molecule has 1 heterocycles. The molecule has 0 bridgehead atoms. The number of aliphatic hydroxyl groups excluding tert-OH is 1. The number of hydrogen-bond acceptors (Lipinski definition) is 4. The van der Waals surface area contributed by atoms with Gasteiger partial charge in [0.1, 0.15) is 5.82 Å². The summed E-state index contributed by atoms with van der Waals surface area (Å²) in [5.74, 6) is 0.752. The van der Waals surface area contributed by atoms with Crippen LogP contribution in [0.3, 0.4) is 0 Å². The van der Waals surface area contributed by atoms with Gasteiger partial charge in [-0.1, -0.05) is 72.3 Å². The number of ether oxygens (including phenoxy) is 1. The van der Waals surface area contributed by atoms with E-state index in [0.717, 1.165) is 22.6 Å². The largest absolute Gasteiger partial charge is 0.399 e. The van der Waals surface area contributed by atoms with Crippen molar-refractivity contribution in [3.8, 4) is 11.3 Å². The van der Waals surface area contributed by atoms with Crippen LogP contribution in [0.2, 0.25) is 10.0 Å². The van der Waals surface area contributed by atoms with E-state index in [4.69, 9.17) is 38.7 Å². The smallest absolute Gasteiger partial charge is 0.180 e. The molecule has 0 radical (unpaired) electrons. The molecule has 3 aromatic rings. The van der Waals surface area contributed by atoms with Gasteiger partial charge in [-0.2, -0.15) is 0 Å². The van der Waals surface area contributed by atoms with Crippen LogP contribution in [0.15, 0.2) is 85.1 Å². The highest BCUT2D eigenvalue weighted by molar-refractivity contribution is 6.36. The number of anilines is 1. The summed E-state index contributed by atoms with van der Waals surface area (Å²) >= 11 is 12.4. The molecule has 0 aliphatic rings. The second-order valence-corrected chi connectivity index (χ2v) is 7.99. The minimum atomic E-state index is -1.02. The van der Waals surface area contributed by atoms with Crippen molar-refractivity contribution in [2.75, 3.05) is 12.8 Å². The van der Waals surface area contributed by atoms with E-state index in [1.807, 2.05) is 65.4 Å². The molecule has 3 rings (SSSR count). The molecule has 0 amide bonds. The number of aliphatic hydroxyl groups is 1. The summed E-state index contributed by atoms with van der Waals surface area (Å²) < 4.78 is 6.92. The summed E-state index contributed by atoms with van der Waals surface area (Å²) in [6, 6.07) is 12.9. The third kappa shape index (κ3) is 6.70. The lowest BCUT2D eigenvalue weighted by molar-refractivity contribution is -0.0420. The normalized spacial score (nSPS) is 13.2. The van der Waals surface area contributed by atoms with Crippen molar-refractivity contribution in [2.24, 2.45) is 0 Å². The van der Waals surface area contributed by atoms with E-state index in [9.17, 15) is 5.11 Å². The lowest BCUT2D eigenvalue weighted by atomic mass is 10.2. The number of rotatable bonds is 9. The van der Waals surface area contributed by atoms with Crippen molar-refractivity contribution in [1.82, 2.24) is 9.55 Å². The van der Waals surface area contributed by atoms with Crippen molar-refractivity contribution < 1.29 is 9.84 Å². The van der Waals surface area contributed by atoms with E-state index in [2.05, 4.69) is 6.58 Å². The quantitative estimate of drug-likeness (QED) is 0.215. The van der Waals surface area contributed by atoms with Crippen LogP contribution in [-0.4, -0.2) is 28.1 Å². The number of nitrogens with zero attached hydrogens (tertiary/aromatic N) is 2. The summed E-state index contributed by atoms with van der Waals surface area (Å²) in [7, 11) is 1.43. The molecule has 0 aliphatic heterocycles. The van der Waals surface area contributed by atoms with E-state index in [1.165, 1.54) is 7.11 Å². The maximum Gasteiger partial charge on any atom is 0.180 e. The Bertz CT molecular complexity index is 1190. The Labute approximate surface area is 203 Å². The lowest BCUT2D eigenvalue weighted by Gasteiger charge is -2.07. The van der Waals surface area contributed by atoms with Gasteiger partial charge in [0.05, 0.1) is 10.7 Å². The predicted octanol–water partition coefficient (Wildman–Crippen LogP) is 6.24. The zero-order valence-corrected chi connectivity index (χ0v) is 19.7. The van der Waals surface area contributed by atoms with Gasteiger partial charge in [0.15, 0.2) is 6.29 Å². The van der Waals surface area contributed by atoms with Crippen LogP contribution in [-0.2, 0) is 11.3 Å². The topological polar surface area (TPSA) is 73.3 Å². The van der Waals surface area contributed by atoms with Crippen LogP contribution in [0.5, 0.6) is 0 Å². The van der Waals surface area contributed by atoms with Crippen molar-refractivity contribution in [2.45, 2.75) is 12.8 Å². The van der Waals surface area contributed by atoms with Crippen molar-refractivity contribution >= 4 is 41.0 Å². The van der Waals surface area contributed by atoms with E-state index >= 15 is 0 Å². The predicted molar refractivity (Wildman–Crippen MR) is 138 cm³/mol. The number of aromatic nitrogens is 2. The van der Waals surface area contributed by atoms with Crippen LogP contribution in [0.1, 0.15) is 11.4 Å². The van der Waals surface area contributed by atoms with Gasteiger partial charge in [0, 0.05) is 41.7 Å². The maximum absolute atomic E-state index is 9.80. The highest BCUT2D eigenvalue weighted by Gasteiger charge is 2.11. The fourth-order valence-electron chi connectivity index (χ4n) is 3.06. The highest BCUT2D eigenvalue weighted by Crippen LogP contribution is 2.30. The van der Waals surface area contributed by atoms with E-state index < -0.39 is 6.29 Å². The van der Waals surface area contributed by atoms with Gasteiger partial charge in [-0.25, -0.2) is 4.98 Å². The van der Waals surface area contributed by atoms with Crippen LogP contribution in [0.25, 0.3) is 23.4 Å². The van der Waals surface area contributed by atoms with Gasteiger partial charge in [-0.15, -0.1) is 0 Å². The Morgan fingerprint density at radius 2 is 1.97 bits per heavy atom. The summed E-state index contributed by atoms with van der Waals surface area (Å²) in [5.41, 5.74) is 9.59. The van der Waals surface area contributed by atoms with Crippen molar-refractivity contribution in [3.05, 3.63) is 107 Å². The number of nitrogen functional groups attached to an aromatic ring is 1. The molecule has 1 atom stereocenters. The molecular weight excluding hydrogens is 457 g/mol. The molecule has 0 spiro atoms. The molecule has 2 aromatic carbocycles. The first-order valence-corrected chi connectivity index (χ1v) is 10.9. The zero-order chi connectivity index (χ0) is 23.8. The number of hydrogen-bond donors (Lipinski definition) is 2. The Morgan fingerprint density at radius 3 is 2.64 bits per heavy atom. The molecule has 5 nitrogen and oxygen atoms in total. The van der Waals surface area contributed by atoms with Gasteiger partial charge >= 0.3 is 0 Å². The first-order chi connectivity index (χ1) is 15.9. The zero-order valence-electron chi connectivity index (χ0n) is 18.2. The van der Waals surface area contributed by atoms with Crippen LogP contribution in [0.4, 0.5) is 5.69 Å². The second-order valence-electron chi connectivity index (χ2n) is 7.15. The first kappa shape index (κ1) is 24.6. The lowest BCUT2D eigenvalue weighted by Crippen LogP contribution is -2.10. The number of nitrogens with two attached hydrogens (primary N) is 1. The molecule has 1 aromatic heterocycles. The molecule has 33 heavy (non-hydrogen) atoms. The summed E-state index contributed by atoms with van der Waals surface area (Å²) in [4.78, 5) is 4.77. The van der Waals surface area contributed by atoms with Gasteiger partial charge in [-0.05, 0) is 42.0 Å². The Morgan fingerprint density at radius 1 is 1.21 bits per heavy atom. The van der Waals surface area contributed by atoms with Crippen molar-refractivity contribution in [3.63, 3.8) is 0 Å². The molecule has 0 saturated heterocycles. The summed E-state index contributed by atoms with van der Waals surface area (Å²) in [6.07, 6.45) is 11.9. The van der Waals surface area contributed by atoms with Crippen LogP contribution in [0, 0.1) is 0 Å². The number of halogens is 2. The number of imidazole rings is 1. The molecule has 3 N–H and O–H groups in total. The highest BCUT2D eigenvalue weighted by atomic mass is 35.5. The van der Waals surface area contributed by atoms with Gasteiger partial charge in [0.2, 0.25) is 0 Å². The third-order valence-electron chi connectivity index (χ3n) is 4.85. The molecule has 0 saturated carbocycles. The van der Waals surface area contributed by atoms with Gasteiger partial charge < -0.3 is 20.1 Å². The van der Waals surface area contributed by atoms with E-state index in [1.54, 1.807) is 24.3 Å². The monoisotopic (exact) mass is 481 g/mol. The minimum Gasteiger partial charge on any atom is -0.399 e.